The van der Waals surface area contributed by atoms with E-state index in [1.54, 1.807) is 0 Å². The van der Waals surface area contributed by atoms with Gasteiger partial charge in [-0.25, -0.2) is 0 Å². The molecule has 2 aromatic rings. The smallest absolute Gasteiger partial charge is 0.226 e. The zero-order chi connectivity index (χ0) is 20.6. The summed E-state index contributed by atoms with van der Waals surface area (Å²) in [5, 5.41) is 6.40. The van der Waals surface area contributed by atoms with Gasteiger partial charge in [-0.2, -0.15) is 0 Å². The van der Waals surface area contributed by atoms with E-state index in [9.17, 15) is 4.79 Å². The van der Waals surface area contributed by atoms with Crippen LogP contribution in [0.2, 0.25) is 0 Å². The highest BCUT2D eigenvalue weighted by Gasteiger charge is 2.24. The highest BCUT2D eigenvalue weighted by Crippen LogP contribution is 2.21. The van der Waals surface area contributed by atoms with Crippen LogP contribution in [0.1, 0.15) is 31.4 Å². The molecular formula is C24H32N4O. The number of likely N-dealkylation sites (tertiary alicyclic amines) is 1. The van der Waals surface area contributed by atoms with Gasteiger partial charge in [0.1, 0.15) is 0 Å². The Morgan fingerprint density at radius 3 is 2.48 bits per heavy atom. The molecular weight excluding hydrogens is 360 g/mol. The average molecular weight is 393 g/mol. The Morgan fingerprint density at radius 2 is 1.83 bits per heavy atom. The number of aliphatic imine (C=N–C) groups is 1. The van der Waals surface area contributed by atoms with Crippen molar-refractivity contribution in [3.63, 3.8) is 0 Å². The maximum Gasteiger partial charge on any atom is 0.226 e. The first kappa shape index (κ1) is 20.9. The summed E-state index contributed by atoms with van der Waals surface area (Å²) >= 11 is 0. The predicted octanol–water partition coefficient (Wildman–Crippen LogP) is 3.92. The van der Waals surface area contributed by atoms with Crippen LogP contribution < -0.4 is 10.6 Å². The largest absolute Gasteiger partial charge is 0.352 e. The molecule has 1 unspecified atom stereocenters. The van der Waals surface area contributed by atoms with Gasteiger partial charge in [-0.05, 0) is 42.0 Å². The lowest BCUT2D eigenvalue weighted by atomic mass is 9.99. The van der Waals surface area contributed by atoms with E-state index in [1.165, 1.54) is 12.0 Å². The highest BCUT2D eigenvalue weighted by molar-refractivity contribution is 5.92. The first-order valence-electron chi connectivity index (χ1n) is 10.4. The van der Waals surface area contributed by atoms with Gasteiger partial charge in [0.15, 0.2) is 5.96 Å². The molecule has 3 rings (SSSR count). The summed E-state index contributed by atoms with van der Waals surface area (Å²) in [4.78, 5) is 18.6. The van der Waals surface area contributed by atoms with Gasteiger partial charge in [0.05, 0.1) is 0 Å². The molecule has 0 bridgehead atoms. The third-order valence-electron chi connectivity index (χ3n) is 5.36. The van der Waals surface area contributed by atoms with Crippen LogP contribution in [-0.4, -0.2) is 36.9 Å². The lowest BCUT2D eigenvalue weighted by Crippen LogP contribution is -2.39. The zero-order valence-electron chi connectivity index (χ0n) is 17.7. The number of amides is 1. The quantitative estimate of drug-likeness (QED) is 0.579. The number of benzene rings is 2. The zero-order valence-corrected chi connectivity index (χ0v) is 17.7. The SMILES string of the molecule is CN=C(NCc1ccc(NC(=O)C(C)C)cc1)N1CCC(Cc2ccccc2)C1. The standard InChI is InChI=1S/C24H32N4O/c1-18(2)23(29)27-22-11-9-20(10-12-22)16-26-24(25-3)28-14-13-21(17-28)15-19-7-5-4-6-8-19/h4-12,18,21H,13-17H2,1-3H3,(H,25,26)(H,27,29). The Labute approximate surface area is 174 Å². The maximum absolute atomic E-state index is 11.8. The number of nitrogens with one attached hydrogen (secondary N) is 2. The van der Waals surface area contributed by atoms with Crippen molar-refractivity contribution in [1.29, 1.82) is 0 Å². The van der Waals surface area contributed by atoms with Crippen molar-refractivity contribution in [1.82, 2.24) is 10.2 Å². The molecule has 1 aliphatic rings. The molecule has 1 saturated heterocycles. The maximum atomic E-state index is 11.8. The van der Waals surface area contributed by atoms with E-state index in [2.05, 4.69) is 50.9 Å². The first-order chi connectivity index (χ1) is 14.0. The second-order valence-electron chi connectivity index (χ2n) is 8.03. The molecule has 1 atom stereocenters. The van der Waals surface area contributed by atoms with Gasteiger partial charge >= 0.3 is 0 Å². The third kappa shape index (κ3) is 6.08. The Balaban J connectivity index is 1.49. The summed E-state index contributed by atoms with van der Waals surface area (Å²) in [5.41, 5.74) is 3.40. The van der Waals surface area contributed by atoms with Crippen LogP contribution in [0, 0.1) is 11.8 Å². The summed E-state index contributed by atoms with van der Waals surface area (Å²) in [6, 6.07) is 18.7. The van der Waals surface area contributed by atoms with Gasteiger partial charge in [-0.1, -0.05) is 56.3 Å². The second kappa shape index (κ2) is 10.1. The van der Waals surface area contributed by atoms with E-state index in [0.717, 1.165) is 36.7 Å². The van der Waals surface area contributed by atoms with Crippen molar-refractivity contribution >= 4 is 17.6 Å². The normalized spacial score (nSPS) is 16.9. The summed E-state index contributed by atoms with van der Waals surface area (Å²) in [6.45, 7) is 6.57. The number of guanidine groups is 1. The molecule has 1 amide bonds. The molecule has 1 heterocycles. The molecule has 0 aliphatic carbocycles. The molecule has 0 spiro atoms. The van der Waals surface area contributed by atoms with Crippen LogP contribution in [0.3, 0.4) is 0 Å². The van der Waals surface area contributed by atoms with E-state index in [4.69, 9.17) is 0 Å². The van der Waals surface area contributed by atoms with E-state index in [0.29, 0.717) is 12.5 Å². The Kier molecular flexibility index (Phi) is 7.28. The molecule has 154 valence electrons. The van der Waals surface area contributed by atoms with Gasteiger partial charge in [-0.15, -0.1) is 0 Å². The second-order valence-corrected chi connectivity index (χ2v) is 8.03. The van der Waals surface area contributed by atoms with Gasteiger partial charge in [-0.3, -0.25) is 9.79 Å². The number of rotatable bonds is 6. The fraction of sp³-hybridized carbons (Fsp3) is 0.417. The van der Waals surface area contributed by atoms with Gasteiger partial charge in [0, 0.05) is 38.3 Å². The fourth-order valence-electron chi connectivity index (χ4n) is 3.64. The number of nitrogens with zero attached hydrogens (tertiary/aromatic N) is 2. The van der Waals surface area contributed by atoms with E-state index in [1.807, 2.05) is 45.2 Å². The Hall–Kier alpha value is -2.82. The van der Waals surface area contributed by atoms with Crippen LogP contribution >= 0.6 is 0 Å². The van der Waals surface area contributed by atoms with E-state index >= 15 is 0 Å². The van der Waals surface area contributed by atoms with E-state index < -0.39 is 0 Å². The summed E-state index contributed by atoms with van der Waals surface area (Å²) in [7, 11) is 1.84. The number of carbonyl (C=O) groups excluding carboxylic acids is 1. The number of carbonyl (C=O) groups is 1. The van der Waals surface area contributed by atoms with E-state index in [-0.39, 0.29) is 11.8 Å². The molecule has 0 saturated carbocycles. The summed E-state index contributed by atoms with van der Waals surface area (Å²) in [6.07, 6.45) is 2.32. The number of hydrogen-bond donors (Lipinski definition) is 2. The molecule has 1 fully saturated rings. The molecule has 0 radical (unpaired) electrons. The molecule has 5 nitrogen and oxygen atoms in total. The summed E-state index contributed by atoms with van der Waals surface area (Å²) in [5.74, 6) is 1.64. The predicted molar refractivity (Wildman–Crippen MR) is 120 cm³/mol. The van der Waals surface area contributed by atoms with Gasteiger partial charge in [0.2, 0.25) is 5.91 Å². The molecule has 1 aliphatic heterocycles. The molecule has 0 aromatic heterocycles. The van der Waals surface area contributed by atoms with Crippen molar-refractivity contribution in [2.75, 3.05) is 25.5 Å². The molecule has 2 N–H and O–H groups in total. The first-order valence-corrected chi connectivity index (χ1v) is 10.4. The van der Waals surface area contributed by atoms with Crippen LogP contribution in [0.4, 0.5) is 5.69 Å². The van der Waals surface area contributed by atoms with Crippen molar-refractivity contribution in [3.05, 3.63) is 65.7 Å². The monoisotopic (exact) mass is 392 g/mol. The van der Waals surface area contributed by atoms with Crippen molar-refractivity contribution < 1.29 is 4.79 Å². The molecule has 5 heteroatoms. The number of hydrogen-bond acceptors (Lipinski definition) is 2. The number of anilines is 1. The van der Waals surface area contributed by atoms with Crippen molar-refractivity contribution in [2.45, 2.75) is 33.2 Å². The highest BCUT2D eigenvalue weighted by atomic mass is 16.1. The minimum atomic E-state index is -0.0224. The van der Waals surface area contributed by atoms with Crippen LogP contribution in [0.25, 0.3) is 0 Å². The van der Waals surface area contributed by atoms with Crippen molar-refractivity contribution in [2.24, 2.45) is 16.8 Å². The third-order valence-corrected chi connectivity index (χ3v) is 5.36. The lowest BCUT2D eigenvalue weighted by molar-refractivity contribution is -0.118. The topological polar surface area (TPSA) is 56.7 Å². The van der Waals surface area contributed by atoms with Gasteiger partial charge < -0.3 is 15.5 Å². The molecule has 29 heavy (non-hydrogen) atoms. The van der Waals surface area contributed by atoms with Crippen LogP contribution in [-0.2, 0) is 17.8 Å². The Bertz CT molecular complexity index is 815. The van der Waals surface area contributed by atoms with Crippen molar-refractivity contribution in [3.8, 4) is 0 Å². The van der Waals surface area contributed by atoms with Gasteiger partial charge in [0.25, 0.3) is 0 Å². The lowest BCUT2D eigenvalue weighted by Gasteiger charge is -2.22. The fourth-order valence-corrected chi connectivity index (χ4v) is 3.64. The average Bonchev–Trinajstić information content (AvgIpc) is 3.18. The van der Waals surface area contributed by atoms with Crippen LogP contribution in [0.5, 0.6) is 0 Å². The summed E-state index contributed by atoms with van der Waals surface area (Å²) < 4.78 is 0. The van der Waals surface area contributed by atoms with Crippen LogP contribution in [0.15, 0.2) is 59.6 Å². The minimum Gasteiger partial charge on any atom is -0.352 e. The minimum absolute atomic E-state index is 0.0224. The molecule has 2 aromatic carbocycles. The Morgan fingerprint density at radius 1 is 1.10 bits per heavy atom.